The SMILES string of the molecule is CC(C)(C)C(C)(C)CCCNC(=O)NCC(N)=O. The third-order valence-corrected chi connectivity index (χ3v) is 3.72. The van der Waals surface area contributed by atoms with Crippen LogP contribution in [0, 0.1) is 10.8 Å². The molecule has 4 N–H and O–H groups in total. The van der Waals surface area contributed by atoms with E-state index in [9.17, 15) is 9.59 Å². The zero-order valence-corrected chi connectivity index (χ0v) is 12.2. The molecule has 0 aliphatic rings. The van der Waals surface area contributed by atoms with Gasteiger partial charge in [0, 0.05) is 6.54 Å². The Morgan fingerprint density at radius 2 is 1.61 bits per heavy atom. The van der Waals surface area contributed by atoms with E-state index in [1.165, 1.54) is 0 Å². The van der Waals surface area contributed by atoms with Crippen LogP contribution in [-0.2, 0) is 4.79 Å². The van der Waals surface area contributed by atoms with Gasteiger partial charge in [0.2, 0.25) is 5.91 Å². The molecule has 0 fully saturated rings. The van der Waals surface area contributed by atoms with Crippen molar-refractivity contribution in [1.29, 1.82) is 0 Å². The van der Waals surface area contributed by atoms with Crippen LogP contribution in [0.1, 0.15) is 47.5 Å². The molecule has 0 heterocycles. The van der Waals surface area contributed by atoms with E-state index in [1.54, 1.807) is 0 Å². The van der Waals surface area contributed by atoms with E-state index in [1.807, 2.05) is 0 Å². The van der Waals surface area contributed by atoms with Crippen molar-refractivity contribution < 1.29 is 9.59 Å². The van der Waals surface area contributed by atoms with Crippen molar-refractivity contribution in [2.75, 3.05) is 13.1 Å². The maximum Gasteiger partial charge on any atom is 0.315 e. The predicted molar refractivity (Wildman–Crippen MR) is 73.1 cm³/mol. The summed E-state index contributed by atoms with van der Waals surface area (Å²) in [5.41, 5.74) is 5.38. The van der Waals surface area contributed by atoms with Gasteiger partial charge in [-0.3, -0.25) is 4.79 Å². The second kappa shape index (κ2) is 6.61. The smallest absolute Gasteiger partial charge is 0.315 e. The van der Waals surface area contributed by atoms with Gasteiger partial charge in [-0.25, -0.2) is 4.79 Å². The number of carbonyl (C=O) groups excluding carboxylic acids is 2. The van der Waals surface area contributed by atoms with Gasteiger partial charge in [-0.15, -0.1) is 0 Å². The zero-order valence-electron chi connectivity index (χ0n) is 12.2. The lowest BCUT2D eigenvalue weighted by Gasteiger charge is -2.39. The molecule has 0 saturated carbocycles. The van der Waals surface area contributed by atoms with Crippen molar-refractivity contribution in [3.8, 4) is 0 Å². The summed E-state index contributed by atoms with van der Waals surface area (Å²) in [4.78, 5) is 21.7. The van der Waals surface area contributed by atoms with E-state index < -0.39 is 5.91 Å². The van der Waals surface area contributed by atoms with Gasteiger partial charge < -0.3 is 16.4 Å². The summed E-state index contributed by atoms with van der Waals surface area (Å²) in [6.07, 6.45) is 1.95. The zero-order chi connectivity index (χ0) is 14.4. The Hall–Kier alpha value is -1.26. The molecule has 18 heavy (non-hydrogen) atoms. The fraction of sp³-hybridized carbons (Fsp3) is 0.846. The normalized spacial score (nSPS) is 12.1. The summed E-state index contributed by atoms with van der Waals surface area (Å²) in [5.74, 6) is -0.543. The lowest BCUT2D eigenvalue weighted by Crippen LogP contribution is -2.41. The van der Waals surface area contributed by atoms with Crippen LogP contribution in [0.25, 0.3) is 0 Å². The first kappa shape index (κ1) is 16.7. The number of primary amides is 1. The standard InChI is InChI=1S/C13H27N3O2/c1-12(2,3)13(4,5)7-6-8-15-11(18)16-9-10(14)17/h6-9H2,1-5H3,(H2,14,17)(H2,15,16,18). The number of rotatable bonds is 6. The highest BCUT2D eigenvalue weighted by Gasteiger charge is 2.31. The van der Waals surface area contributed by atoms with Gasteiger partial charge in [0.05, 0.1) is 6.54 Å². The molecule has 0 radical (unpaired) electrons. The summed E-state index contributed by atoms with van der Waals surface area (Å²) in [7, 11) is 0. The molecular formula is C13H27N3O2. The molecule has 0 aliphatic heterocycles. The third-order valence-electron chi connectivity index (χ3n) is 3.72. The first-order valence-corrected chi connectivity index (χ1v) is 6.36. The van der Waals surface area contributed by atoms with E-state index in [4.69, 9.17) is 5.73 Å². The van der Waals surface area contributed by atoms with Crippen molar-refractivity contribution in [3.63, 3.8) is 0 Å². The molecule has 106 valence electrons. The Balaban J connectivity index is 3.80. The quantitative estimate of drug-likeness (QED) is 0.632. The molecule has 0 aromatic heterocycles. The average molecular weight is 257 g/mol. The van der Waals surface area contributed by atoms with Gasteiger partial charge in [-0.2, -0.15) is 0 Å². The summed E-state index contributed by atoms with van der Waals surface area (Å²) < 4.78 is 0. The maximum absolute atomic E-state index is 11.2. The van der Waals surface area contributed by atoms with E-state index in [2.05, 4.69) is 45.3 Å². The summed E-state index contributed by atoms with van der Waals surface area (Å²) in [5, 5.41) is 5.09. The van der Waals surface area contributed by atoms with Crippen LogP contribution >= 0.6 is 0 Å². The molecule has 3 amide bonds. The van der Waals surface area contributed by atoms with Crippen molar-refractivity contribution in [1.82, 2.24) is 10.6 Å². The summed E-state index contributed by atoms with van der Waals surface area (Å²) in [6, 6.07) is -0.345. The second-order valence-corrected chi connectivity index (χ2v) is 6.31. The molecule has 0 saturated heterocycles. The molecule has 0 aromatic rings. The minimum Gasteiger partial charge on any atom is -0.368 e. The van der Waals surface area contributed by atoms with Gasteiger partial charge >= 0.3 is 6.03 Å². The summed E-state index contributed by atoms with van der Waals surface area (Å²) in [6.45, 7) is 11.6. The fourth-order valence-electron chi connectivity index (χ4n) is 1.34. The number of nitrogens with two attached hydrogens (primary N) is 1. The second-order valence-electron chi connectivity index (χ2n) is 6.31. The first-order valence-electron chi connectivity index (χ1n) is 6.36. The van der Waals surface area contributed by atoms with E-state index in [-0.39, 0.29) is 23.4 Å². The van der Waals surface area contributed by atoms with Crippen molar-refractivity contribution in [3.05, 3.63) is 0 Å². The van der Waals surface area contributed by atoms with Crippen molar-refractivity contribution in [2.45, 2.75) is 47.5 Å². The monoisotopic (exact) mass is 257 g/mol. The molecule has 0 unspecified atom stereocenters. The lowest BCUT2D eigenvalue weighted by atomic mass is 9.67. The third kappa shape index (κ3) is 6.47. The van der Waals surface area contributed by atoms with Crippen LogP contribution < -0.4 is 16.4 Å². The van der Waals surface area contributed by atoms with Crippen LogP contribution in [0.15, 0.2) is 0 Å². The molecular weight excluding hydrogens is 230 g/mol. The van der Waals surface area contributed by atoms with Crippen molar-refractivity contribution in [2.24, 2.45) is 16.6 Å². The van der Waals surface area contributed by atoms with Crippen LogP contribution in [0.2, 0.25) is 0 Å². The molecule has 0 atom stereocenters. The molecule has 0 bridgehead atoms. The Morgan fingerprint density at radius 1 is 1.06 bits per heavy atom. The minimum absolute atomic E-state index is 0.126. The van der Waals surface area contributed by atoms with Crippen LogP contribution in [0.5, 0.6) is 0 Å². The maximum atomic E-state index is 11.2. The Labute approximate surface area is 110 Å². The molecule has 5 heteroatoms. The average Bonchev–Trinajstić information content (AvgIpc) is 2.19. The molecule has 0 aliphatic carbocycles. The predicted octanol–water partition coefficient (Wildman–Crippen LogP) is 1.62. The van der Waals surface area contributed by atoms with E-state index >= 15 is 0 Å². The van der Waals surface area contributed by atoms with Crippen LogP contribution in [0.4, 0.5) is 4.79 Å². The van der Waals surface area contributed by atoms with E-state index in [0.29, 0.717) is 6.54 Å². The summed E-state index contributed by atoms with van der Waals surface area (Å²) >= 11 is 0. The molecule has 0 aromatic carbocycles. The highest BCUT2D eigenvalue weighted by Crippen LogP contribution is 2.41. The van der Waals surface area contributed by atoms with Gasteiger partial charge in [0.25, 0.3) is 0 Å². The molecule has 0 spiro atoms. The highest BCUT2D eigenvalue weighted by molar-refractivity contribution is 5.82. The number of nitrogens with one attached hydrogen (secondary N) is 2. The molecule has 5 nitrogen and oxygen atoms in total. The largest absolute Gasteiger partial charge is 0.368 e. The number of hydrogen-bond donors (Lipinski definition) is 3. The first-order chi connectivity index (χ1) is 8.06. The number of carbonyl (C=O) groups is 2. The van der Waals surface area contributed by atoms with Crippen LogP contribution in [-0.4, -0.2) is 25.0 Å². The van der Waals surface area contributed by atoms with Crippen LogP contribution in [0.3, 0.4) is 0 Å². The van der Waals surface area contributed by atoms with Gasteiger partial charge in [-0.05, 0) is 23.7 Å². The van der Waals surface area contributed by atoms with Gasteiger partial charge in [0.1, 0.15) is 0 Å². The number of hydrogen-bond acceptors (Lipinski definition) is 2. The fourth-order valence-corrected chi connectivity index (χ4v) is 1.34. The lowest BCUT2D eigenvalue weighted by molar-refractivity contribution is -0.117. The molecule has 0 rings (SSSR count). The Bertz CT molecular complexity index is 293. The number of urea groups is 1. The van der Waals surface area contributed by atoms with Gasteiger partial charge in [-0.1, -0.05) is 34.6 Å². The topological polar surface area (TPSA) is 84.2 Å². The van der Waals surface area contributed by atoms with Crippen molar-refractivity contribution >= 4 is 11.9 Å². The number of amides is 3. The minimum atomic E-state index is -0.543. The Kier molecular flexibility index (Phi) is 6.15. The van der Waals surface area contributed by atoms with E-state index in [0.717, 1.165) is 12.8 Å². The Morgan fingerprint density at radius 3 is 2.06 bits per heavy atom. The highest BCUT2D eigenvalue weighted by atomic mass is 16.2. The van der Waals surface area contributed by atoms with Gasteiger partial charge in [0.15, 0.2) is 0 Å².